The molecule has 0 amide bonds. The van der Waals surface area contributed by atoms with Gasteiger partial charge in [-0.3, -0.25) is 0 Å². The predicted molar refractivity (Wildman–Crippen MR) is 68.3 cm³/mol. The van der Waals surface area contributed by atoms with Crippen LogP contribution in [0.4, 0.5) is 0 Å². The molecule has 3 heteroatoms. The van der Waals surface area contributed by atoms with Crippen molar-refractivity contribution in [1.29, 1.82) is 0 Å². The highest BCUT2D eigenvalue weighted by molar-refractivity contribution is 7.07. The highest BCUT2D eigenvalue weighted by atomic mass is 32.1. The summed E-state index contributed by atoms with van der Waals surface area (Å²) >= 11 is 1.77. The smallest absolute Gasteiger partial charge is 0.000588 e. The van der Waals surface area contributed by atoms with Crippen LogP contribution < -0.4 is 11.1 Å². The van der Waals surface area contributed by atoms with Crippen LogP contribution in [0.25, 0.3) is 0 Å². The van der Waals surface area contributed by atoms with Crippen molar-refractivity contribution in [2.75, 3.05) is 19.6 Å². The molecule has 1 atom stereocenters. The van der Waals surface area contributed by atoms with E-state index in [2.05, 4.69) is 36.0 Å². The maximum absolute atomic E-state index is 5.71. The van der Waals surface area contributed by atoms with E-state index >= 15 is 0 Å². The summed E-state index contributed by atoms with van der Waals surface area (Å²) in [6.07, 6.45) is 1.12. The van der Waals surface area contributed by atoms with E-state index < -0.39 is 0 Å². The summed E-state index contributed by atoms with van der Waals surface area (Å²) in [4.78, 5) is 0. The summed E-state index contributed by atoms with van der Waals surface area (Å²) in [7, 11) is 0. The van der Waals surface area contributed by atoms with Crippen LogP contribution in [0, 0.1) is 11.8 Å². The molecule has 15 heavy (non-hydrogen) atoms. The molecule has 0 saturated carbocycles. The largest absolute Gasteiger partial charge is 0.330 e. The zero-order valence-electron chi connectivity index (χ0n) is 9.70. The normalized spacial score (nSPS) is 13.3. The van der Waals surface area contributed by atoms with Crippen molar-refractivity contribution in [1.82, 2.24) is 5.32 Å². The molecule has 0 aliphatic carbocycles. The number of rotatable bonds is 7. The summed E-state index contributed by atoms with van der Waals surface area (Å²) in [6.45, 7) is 7.34. The van der Waals surface area contributed by atoms with Gasteiger partial charge >= 0.3 is 0 Å². The lowest BCUT2D eigenvalue weighted by Crippen LogP contribution is -2.32. The molecule has 86 valence electrons. The van der Waals surface area contributed by atoms with Gasteiger partial charge in [-0.1, -0.05) is 13.8 Å². The molecular formula is C12H22N2S. The Morgan fingerprint density at radius 1 is 1.47 bits per heavy atom. The molecule has 0 fully saturated rings. The van der Waals surface area contributed by atoms with Crippen molar-refractivity contribution in [3.8, 4) is 0 Å². The van der Waals surface area contributed by atoms with Gasteiger partial charge in [0.2, 0.25) is 0 Å². The Kier molecular flexibility index (Phi) is 5.91. The lowest BCUT2D eigenvalue weighted by atomic mass is 9.96. The molecule has 0 aliphatic heterocycles. The van der Waals surface area contributed by atoms with Crippen molar-refractivity contribution in [3.63, 3.8) is 0 Å². The average Bonchev–Trinajstić information content (AvgIpc) is 2.70. The number of nitrogens with one attached hydrogen (secondary N) is 1. The van der Waals surface area contributed by atoms with Crippen LogP contribution in [-0.2, 0) is 6.42 Å². The molecule has 2 nitrogen and oxygen atoms in total. The number of hydrogen-bond acceptors (Lipinski definition) is 3. The van der Waals surface area contributed by atoms with Crippen LogP contribution >= 0.6 is 11.3 Å². The Labute approximate surface area is 96.9 Å². The summed E-state index contributed by atoms with van der Waals surface area (Å²) in [5.74, 6) is 1.27. The van der Waals surface area contributed by atoms with E-state index in [1.165, 1.54) is 5.56 Å². The van der Waals surface area contributed by atoms with Gasteiger partial charge in [0, 0.05) is 0 Å². The second kappa shape index (κ2) is 6.99. The Morgan fingerprint density at radius 2 is 2.27 bits per heavy atom. The fourth-order valence-corrected chi connectivity index (χ4v) is 2.25. The van der Waals surface area contributed by atoms with E-state index in [1.54, 1.807) is 11.3 Å². The second-order valence-electron chi connectivity index (χ2n) is 4.33. The van der Waals surface area contributed by atoms with E-state index in [4.69, 9.17) is 5.73 Å². The van der Waals surface area contributed by atoms with Crippen molar-refractivity contribution < 1.29 is 0 Å². The minimum absolute atomic E-state index is 0.604. The molecule has 0 spiro atoms. The first-order valence-corrected chi connectivity index (χ1v) is 6.60. The molecule has 1 aromatic heterocycles. The SMILES string of the molecule is CC(C)C(CN)CNCCc1ccsc1. The number of hydrogen-bond donors (Lipinski definition) is 2. The number of thiophene rings is 1. The van der Waals surface area contributed by atoms with Crippen LogP contribution in [0.15, 0.2) is 16.8 Å². The first kappa shape index (κ1) is 12.7. The van der Waals surface area contributed by atoms with Gasteiger partial charge in [0.05, 0.1) is 0 Å². The van der Waals surface area contributed by atoms with E-state index in [1.807, 2.05) is 0 Å². The maximum atomic E-state index is 5.71. The van der Waals surface area contributed by atoms with E-state index in [0.29, 0.717) is 11.8 Å². The standard InChI is InChI=1S/C12H22N2S/c1-10(2)12(7-13)8-14-5-3-11-4-6-15-9-11/h4,6,9-10,12,14H,3,5,7-8,13H2,1-2H3. The fraction of sp³-hybridized carbons (Fsp3) is 0.667. The lowest BCUT2D eigenvalue weighted by molar-refractivity contribution is 0.372. The zero-order chi connectivity index (χ0) is 11.1. The van der Waals surface area contributed by atoms with Crippen molar-refractivity contribution in [3.05, 3.63) is 22.4 Å². The summed E-state index contributed by atoms with van der Waals surface area (Å²) in [6, 6.07) is 2.19. The van der Waals surface area contributed by atoms with Crippen molar-refractivity contribution >= 4 is 11.3 Å². The molecule has 0 aromatic carbocycles. The van der Waals surface area contributed by atoms with Gasteiger partial charge < -0.3 is 11.1 Å². The Morgan fingerprint density at radius 3 is 2.80 bits per heavy atom. The minimum Gasteiger partial charge on any atom is -0.330 e. The summed E-state index contributed by atoms with van der Waals surface area (Å²) < 4.78 is 0. The fourth-order valence-electron chi connectivity index (χ4n) is 1.55. The highest BCUT2D eigenvalue weighted by Crippen LogP contribution is 2.08. The third-order valence-corrected chi connectivity index (χ3v) is 3.55. The van der Waals surface area contributed by atoms with E-state index in [0.717, 1.165) is 26.1 Å². The Bertz CT molecular complexity index is 244. The Balaban J connectivity index is 2.10. The first-order valence-electron chi connectivity index (χ1n) is 5.66. The van der Waals surface area contributed by atoms with Gasteiger partial charge in [0.25, 0.3) is 0 Å². The van der Waals surface area contributed by atoms with Gasteiger partial charge in [-0.15, -0.1) is 0 Å². The molecule has 1 rings (SSSR count). The van der Waals surface area contributed by atoms with Crippen LogP contribution in [-0.4, -0.2) is 19.6 Å². The third kappa shape index (κ3) is 4.78. The second-order valence-corrected chi connectivity index (χ2v) is 5.11. The van der Waals surface area contributed by atoms with Gasteiger partial charge in [0.15, 0.2) is 0 Å². The maximum Gasteiger partial charge on any atom is -0.000588 e. The van der Waals surface area contributed by atoms with Gasteiger partial charge in [-0.25, -0.2) is 0 Å². The topological polar surface area (TPSA) is 38.0 Å². The molecule has 0 radical (unpaired) electrons. The van der Waals surface area contributed by atoms with Gasteiger partial charge in [-0.2, -0.15) is 11.3 Å². The molecule has 1 unspecified atom stereocenters. The molecule has 1 heterocycles. The third-order valence-electron chi connectivity index (χ3n) is 2.82. The van der Waals surface area contributed by atoms with Crippen LogP contribution in [0.1, 0.15) is 19.4 Å². The molecule has 0 aliphatic rings. The van der Waals surface area contributed by atoms with Crippen molar-refractivity contribution in [2.45, 2.75) is 20.3 Å². The lowest BCUT2D eigenvalue weighted by Gasteiger charge is -2.19. The van der Waals surface area contributed by atoms with Crippen LogP contribution in [0.2, 0.25) is 0 Å². The molecule has 0 saturated heterocycles. The summed E-state index contributed by atoms with van der Waals surface area (Å²) in [5, 5.41) is 7.82. The van der Waals surface area contributed by atoms with Crippen LogP contribution in [0.3, 0.4) is 0 Å². The predicted octanol–water partition coefficient (Wildman–Crippen LogP) is 2.11. The molecule has 3 N–H and O–H groups in total. The van der Waals surface area contributed by atoms with Crippen molar-refractivity contribution in [2.24, 2.45) is 17.6 Å². The van der Waals surface area contributed by atoms with Gasteiger partial charge in [-0.05, 0) is 60.3 Å². The van der Waals surface area contributed by atoms with E-state index in [9.17, 15) is 0 Å². The van der Waals surface area contributed by atoms with Gasteiger partial charge in [0.1, 0.15) is 0 Å². The average molecular weight is 226 g/mol. The monoisotopic (exact) mass is 226 g/mol. The highest BCUT2D eigenvalue weighted by Gasteiger charge is 2.09. The van der Waals surface area contributed by atoms with E-state index in [-0.39, 0.29) is 0 Å². The Hall–Kier alpha value is -0.380. The summed E-state index contributed by atoms with van der Waals surface area (Å²) in [5.41, 5.74) is 7.14. The zero-order valence-corrected chi connectivity index (χ0v) is 10.5. The number of nitrogens with two attached hydrogens (primary N) is 1. The minimum atomic E-state index is 0.604. The first-order chi connectivity index (χ1) is 7.24. The molecule has 1 aromatic rings. The molecular weight excluding hydrogens is 204 g/mol. The van der Waals surface area contributed by atoms with Crippen LogP contribution in [0.5, 0.6) is 0 Å². The quantitative estimate of drug-likeness (QED) is 0.699. The molecule has 0 bridgehead atoms.